The quantitative estimate of drug-likeness (QED) is 0.854. The van der Waals surface area contributed by atoms with Crippen LogP contribution in [0.4, 0.5) is 4.79 Å². The largest absolute Gasteiger partial charge is 0.497 e. The lowest BCUT2D eigenvalue weighted by molar-refractivity contribution is 0.106. The van der Waals surface area contributed by atoms with Crippen LogP contribution in [-0.2, 0) is 11.3 Å². The number of nitrogens with zero attached hydrogens (tertiary/aromatic N) is 1. The number of H-pyrrole nitrogens is 1. The van der Waals surface area contributed by atoms with Gasteiger partial charge in [-0.3, -0.25) is 0 Å². The molecule has 1 heterocycles. The molecule has 0 fully saturated rings. The molecule has 0 aliphatic heterocycles. The zero-order chi connectivity index (χ0) is 15.2. The molecule has 0 unspecified atom stereocenters. The lowest BCUT2D eigenvalue weighted by Crippen LogP contribution is -2.35. The third-order valence-electron chi connectivity index (χ3n) is 3.26. The van der Waals surface area contributed by atoms with Gasteiger partial charge in [0, 0.05) is 30.2 Å². The van der Waals surface area contributed by atoms with E-state index in [-0.39, 0.29) is 6.09 Å². The van der Waals surface area contributed by atoms with Gasteiger partial charge in [-0.1, -0.05) is 0 Å². The number of hydrogen-bond acceptors (Lipinski definition) is 4. The van der Waals surface area contributed by atoms with Crippen molar-refractivity contribution >= 4 is 17.0 Å². The minimum absolute atomic E-state index is 0.347. The number of nitrogens with two attached hydrogens (primary N) is 1. The smallest absolute Gasteiger partial charge is 0.410 e. The minimum Gasteiger partial charge on any atom is -0.497 e. The topological polar surface area (TPSA) is 80.6 Å². The normalized spacial score (nSPS) is 10.6. The van der Waals surface area contributed by atoms with Gasteiger partial charge in [-0.2, -0.15) is 0 Å². The van der Waals surface area contributed by atoms with E-state index in [1.807, 2.05) is 24.4 Å². The van der Waals surface area contributed by atoms with Crippen molar-refractivity contribution in [2.24, 2.45) is 5.73 Å². The summed E-state index contributed by atoms with van der Waals surface area (Å²) < 4.78 is 10.3. The van der Waals surface area contributed by atoms with Crippen molar-refractivity contribution in [2.75, 3.05) is 26.8 Å². The zero-order valence-electron chi connectivity index (χ0n) is 12.4. The number of amides is 1. The zero-order valence-corrected chi connectivity index (χ0v) is 12.4. The highest BCUT2D eigenvalue weighted by Gasteiger charge is 2.16. The van der Waals surface area contributed by atoms with Gasteiger partial charge in [0.15, 0.2) is 0 Å². The van der Waals surface area contributed by atoms with Crippen LogP contribution in [-0.4, -0.2) is 42.8 Å². The molecule has 0 radical (unpaired) electrons. The molecule has 3 N–H and O–H groups in total. The molecule has 2 aromatic rings. The highest BCUT2D eigenvalue weighted by Crippen LogP contribution is 2.24. The first kappa shape index (κ1) is 15.2. The molecule has 0 saturated heterocycles. The summed E-state index contributed by atoms with van der Waals surface area (Å²) in [4.78, 5) is 16.7. The molecule has 0 spiro atoms. The Morgan fingerprint density at radius 2 is 2.24 bits per heavy atom. The lowest BCUT2D eigenvalue weighted by atomic mass is 10.1. The first-order chi connectivity index (χ1) is 10.2. The Morgan fingerprint density at radius 3 is 2.90 bits per heavy atom. The van der Waals surface area contributed by atoms with Crippen LogP contribution in [0.5, 0.6) is 5.75 Å². The number of benzene rings is 1. The number of nitrogens with one attached hydrogen (secondary N) is 1. The molecule has 6 heteroatoms. The second-order valence-electron chi connectivity index (χ2n) is 4.63. The summed E-state index contributed by atoms with van der Waals surface area (Å²) in [6.45, 7) is 3.43. The number of aromatic amines is 1. The fourth-order valence-corrected chi connectivity index (χ4v) is 2.23. The SMILES string of the molecule is CCOC(=O)N(CCN)Cc1c[nH]c2ccc(OC)cc12. The van der Waals surface area contributed by atoms with Crippen molar-refractivity contribution in [1.82, 2.24) is 9.88 Å². The van der Waals surface area contributed by atoms with E-state index in [1.165, 1.54) is 0 Å². The molecule has 1 aromatic carbocycles. The predicted molar refractivity (Wildman–Crippen MR) is 81.3 cm³/mol. The van der Waals surface area contributed by atoms with Crippen LogP contribution in [0.3, 0.4) is 0 Å². The standard InChI is InChI=1S/C15H21N3O3/c1-3-21-15(19)18(7-6-16)10-11-9-17-14-5-4-12(20-2)8-13(11)14/h4-5,8-9,17H,3,6-7,10,16H2,1-2H3. The van der Waals surface area contributed by atoms with E-state index in [1.54, 1.807) is 18.9 Å². The molecular weight excluding hydrogens is 270 g/mol. The van der Waals surface area contributed by atoms with Crippen LogP contribution >= 0.6 is 0 Å². The van der Waals surface area contributed by atoms with Gasteiger partial charge in [-0.25, -0.2) is 4.79 Å². The maximum Gasteiger partial charge on any atom is 0.410 e. The number of ether oxygens (including phenoxy) is 2. The van der Waals surface area contributed by atoms with Crippen molar-refractivity contribution < 1.29 is 14.3 Å². The van der Waals surface area contributed by atoms with Crippen LogP contribution in [0.2, 0.25) is 0 Å². The van der Waals surface area contributed by atoms with Gasteiger partial charge in [0.05, 0.1) is 20.3 Å². The number of carbonyl (C=O) groups is 1. The number of aromatic nitrogens is 1. The van der Waals surface area contributed by atoms with Crippen LogP contribution in [0.1, 0.15) is 12.5 Å². The predicted octanol–water partition coefficient (Wildman–Crippen LogP) is 2.09. The van der Waals surface area contributed by atoms with Crippen molar-refractivity contribution in [2.45, 2.75) is 13.5 Å². The van der Waals surface area contributed by atoms with Gasteiger partial charge in [0.2, 0.25) is 0 Å². The summed E-state index contributed by atoms with van der Waals surface area (Å²) in [5, 5.41) is 1.03. The van der Waals surface area contributed by atoms with E-state index in [0.717, 1.165) is 22.2 Å². The third-order valence-corrected chi connectivity index (χ3v) is 3.26. The molecular formula is C15H21N3O3. The molecule has 2 rings (SSSR count). The van der Waals surface area contributed by atoms with Gasteiger partial charge in [0.1, 0.15) is 5.75 Å². The molecule has 0 bridgehead atoms. The van der Waals surface area contributed by atoms with Crippen LogP contribution < -0.4 is 10.5 Å². The maximum atomic E-state index is 11.9. The van der Waals surface area contributed by atoms with Gasteiger partial charge in [-0.05, 0) is 30.7 Å². The minimum atomic E-state index is -0.347. The molecule has 1 amide bonds. The number of methoxy groups -OCH3 is 1. The molecule has 6 nitrogen and oxygen atoms in total. The second kappa shape index (κ2) is 6.99. The summed E-state index contributed by atoms with van der Waals surface area (Å²) in [6.07, 6.45) is 1.55. The lowest BCUT2D eigenvalue weighted by Gasteiger charge is -2.20. The Hall–Kier alpha value is -2.21. The Bertz CT molecular complexity index is 609. The molecule has 0 aliphatic carbocycles. The highest BCUT2D eigenvalue weighted by atomic mass is 16.6. The number of hydrogen-bond donors (Lipinski definition) is 2. The van der Waals surface area contributed by atoms with E-state index in [9.17, 15) is 4.79 Å². The van der Waals surface area contributed by atoms with Crippen molar-refractivity contribution in [3.8, 4) is 5.75 Å². The van der Waals surface area contributed by atoms with Crippen molar-refractivity contribution in [3.05, 3.63) is 30.0 Å². The number of fused-ring (bicyclic) bond motifs is 1. The van der Waals surface area contributed by atoms with Crippen LogP contribution in [0.15, 0.2) is 24.4 Å². The Morgan fingerprint density at radius 1 is 1.43 bits per heavy atom. The number of carbonyl (C=O) groups excluding carboxylic acids is 1. The van der Waals surface area contributed by atoms with E-state index < -0.39 is 0 Å². The Labute approximate surface area is 123 Å². The average molecular weight is 291 g/mol. The summed E-state index contributed by atoms with van der Waals surface area (Å²) in [7, 11) is 1.63. The summed E-state index contributed by atoms with van der Waals surface area (Å²) in [6, 6.07) is 5.80. The molecule has 1 aromatic heterocycles. The summed E-state index contributed by atoms with van der Waals surface area (Å²) >= 11 is 0. The van der Waals surface area contributed by atoms with E-state index in [2.05, 4.69) is 4.98 Å². The van der Waals surface area contributed by atoms with Gasteiger partial charge in [-0.15, -0.1) is 0 Å². The van der Waals surface area contributed by atoms with E-state index >= 15 is 0 Å². The van der Waals surface area contributed by atoms with Crippen molar-refractivity contribution in [1.29, 1.82) is 0 Å². The van der Waals surface area contributed by atoms with Gasteiger partial charge >= 0.3 is 6.09 Å². The van der Waals surface area contributed by atoms with Crippen molar-refractivity contribution in [3.63, 3.8) is 0 Å². The first-order valence-electron chi connectivity index (χ1n) is 6.95. The molecule has 0 atom stereocenters. The first-order valence-corrected chi connectivity index (χ1v) is 6.95. The van der Waals surface area contributed by atoms with E-state index in [0.29, 0.717) is 26.2 Å². The fraction of sp³-hybridized carbons (Fsp3) is 0.400. The van der Waals surface area contributed by atoms with E-state index in [4.69, 9.17) is 15.2 Å². The fourth-order valence-electron chi connectivity index (χ4n) is 2.23. The average Bonchev–Trinajstić information content (AvgIpc) is 2.89. The molecule has 0 saturated carbocycles. The number of rotatable bonds is 6. The third kappa shape index (κ3) is 3.46. The maximum absolute atomic E-state index is 11.9. The van der Waals surface area contributed by atoms with Gasteiger partial charge in [0.25, 0.3) is 0 Å². The second-order valence-corrected chi connectivity index (χ2v) is 4.63. The Balaban J connectivity index is 2.25. The molecule has 114 valence electrons. The summed E-state index contributed by atoms with van der Waals surface area (Å²) in [5.74, 6) is 0.782. The summed E-state index contributed by atoms with van der Waals surface area (Å²) in [5.41, 5.74) is 7.58. The van der Waals surface area contributed by atoms with Crippen LogP contribution in [0, 0.1) is 0 Å². The highest BCUT2D eigenvalue weighted by molar-refractivity contribution is 5.85. The van der Waals surface area contributed by atoms with Gasteiger partial charge < -0.3 is 25.1 Å². The van der Waals surface area contributed by atoms with Crippen LogP contribution in [0.25, 0.3) is 10.9 Å². The monoisotopic (exact) mass is 291 g/mol. The molecule has 0 aliphatic rings. The molecule has 21 heavy (non-hydrogen) atoms. The Kier molecular flexibility index (Phi) is 5.05.